The van der Waals surface area contributed by atoms with Crippen LogP contribution in [-0.2, 0) is 23.0 Å². The molecule has 26 heavy (non-hydrogen) atoms. The second-order valence-corrected chi connectivity index (χ2v) is 6.45. The van der Waals surface area contributed by atoms with Crippen LogP contribution in [0.2, 0.25) is 0 Å². The number of fused-ring (bicyclic) bond motifs is 1. The average Bonchev–Trinajstić information content (AvgIpc) is 3.12. The summed E-state index contributed by atoms with van der Waals surface area (Å²) in [5, 5.41) is 3.14. The molecule has 0 radical (unpaired) electrons. The number of aromatic nitrogens is 2. The minimum absolute atomic E-state index is 0.144. The van der Waals surface area contributed by atoms with E-state index >= 15 is 0 Å². The van der Waals surface area contributed by atoms with Crippen molar-refractivity contribution in [2.24, 2.45) is 7.05 Å². The molecule has 3 aromatic rings. The highest BCUT2D eigenvalue weighted by Gasteiger charge is 2.30. The molecule has 4 rings (SSSR count). The van der Waals surface area contributed by atoms with Crippen LogP contribution in [0, 0.1) is 0 Å². The van der Waals surface area contributed by atoms with Crippen molar-refractivity contribution in [3.05, 3.63) is 89.5 Å². The van der Waals surface area contributed by atoms with Crippen molar-refractivity contribution in [1.82, 2.24) is 14.9 Å². The lowest BCUT2D eigenvalue weighted by atomic mass is 9.96. The van der Waals surface area contributed by atoms with E-state index in [2.05, 4.69) is 16.4 Å². The molecular weight excluding hydrogens is 326 g/mol. The standard InChI is InChI=1S/C21H21N3O2/c1-24-13-12-22-20(24)18(16-8-3-2-4-9-16)23-21(25)19-17-10-6-5-7-15(17)11-14-26-19/h2-10,12-13,18-19H,11,14H2,1H3,(H,23,25)/t18-,19+/m0/s1. The summed E-state index contributed by atoms with van der Waals surface area (Å²) in [4.78, 5) is 17.5. The topological polar surface area (TPSA) is 56.2 Å². The van der Waals surface area contributed by atoms with Gasteiger partial charge in [-0.1, -0.05) is 54.6 Å². The molecule has 1 aliphatic heterocycles. The van der Waals surface area contributed by atoms with E-state index in [0.29, 0.717) is 6.61 Å². The Balaban J connectivity index is 1.65. The van der Waals surface area contributed by atoms with Crippen molar-refractivity contribution in [3.8, 4) is 0 Å². The van der Waals surface area contributed by atoms with Crippen molar-refractivity contribution < 1.29 is 9.53 Å². The highest BCUT2D eigenvalue weighted by atomic mass is 16.5. The molecular formula is C21H21N3O2. The van der Waals surface area contributed by atoms with Gasteiger partial charge in [-0.2, -0.15) is 0 Å². The third-order valence-corrected chi connectivity index (χ3v) is 4.77. The molecule has 1 amide bonds. The highest BCUT2D eigenvalue weighted by Crippen LogP contribution is 2.29. The maximum atomic E-state index is 13.1. The van der Waals surface area contributed by atoms with Gasteiger partial charge >= 0.3 is 0 Å². The number of ether oxygens (including phenoxy) is 1. The monoisotopic (exact) mass is 347 g/mol. The first-order valence-electron chi connectivity index (χ1n) is 8.76. The van der Waals surface area contributed by atoms with E-state index in [1.807, 2.05) is 66.3 Å². The van der Waals surface area contributed by atoms with Crippen LogP contribution in [0.25, 0.3) is 0 Å². The molecule has 132 valence electrons. The first kappa shape index (κ1) is 16.5. The Morgan fingerprint density at radius 2 is 1.96 bits per heavy atom. The molecule has 5 heteroatoms. The molecule has 0 saturated carbocycles. The largest absolute Gasteiger partial charge is 0.363 e. The minimum Gasteiger partial charge on any atom is -0.363 e. The Hall–Kier alpha value is -2.92. The van der Waals surface area contributed by atoms with E-state index in [1.54, 1.807) is 6.20 Å². The van der Waals surface area contributed by atoms with Crippen molar-refractivity contribution in [2.45, 2.75) is 18.6 Å². The average molecular weight is 347 g/mol. The number of rotatable bonds is 4. The van der Waals surface area contributed by atoms with Crippen LogP contribution < -0.4 is 5.32 Å². The lowest BCUT2D eigenvalue weighted by Crippen LogP contribution is -2.37. The summed E-state index contributed by atoms with van der Waals surface area (Å²) >= 11 is 0. The number of hydrogen-bond acceptors (Lipinski definition) is 3. The van der Waals surface area contributed by atoms with E-state index < -0.39 is 6.10 Å². The van der Waals surface area contributed by atoms with Gasteiger partial charge in [0.05, 0.1) is 6.61 Å². The molecule has 2 aromatic carbocycles. The van der Waals surface area contributed by atoms with Crippen LogP contribution in [-0.4, -0.2) is 22.1 Å². The number of imidazole rings is 1. The molecule has 0 fully saturated rings. The third kappa shape index (κ3) is 3.13. The van der Waals surface area contributed by atoms with Gasteiger partial charge in [0, 0.05) is 19.4 Å². The second-order valence-electron chi connectivity index (χ2n) is 6.45. The zero-order valence-electron chi connectivity index (χ0n) is 14.6. The fraction of sp³-hybridized carbons (Fsp3) is 0.238. The van der Waals surface area contributed by atoms with Gasteiger partial charge in [-0.05, 0) is 23.1 Å². The van der Waals surface area contributed by atoms with Gasteiger partial charge < -0.3 is 14.6 Å². The number of carbonyl (C=O) groups excluding carboxylic acids is 1. The van der Waals surface area contributed by atoms with Crippen LogP contribution >= 0.6 is 0 Å². The molecule has 0 spiro atoms. The second kappa shape index (κ2) is 7.14. The summed E-state index contributed by atoms with van der Waals surface area (Å²) < 4.78 is 7.74. The van der Waals surface area contributed by atoms with Gasteiger partial charge in [0.2, 0.25) is 0 Å². The summed E-state index contributed by atoms with van der Waals surface area (Å²) in [7, 11) is 1.93. The van der Waals surface area contributed by atoms with Gasteiger partial charge in [0.25, 0.3) is 5.91 Å². The molecule has 1 aromatic heterocycles. The fourth-order valence-electron chi connectivity index (χ4n) is 3.43. The molecule has 0 unspecified atom stereocenters. The van der Waals surface area contributed by atoms with E-state index in [1.165, 1.54) is 5.56 Å². The summed E-state index contributed by atoms with van der Waals surface area (Å²) in [5.41, 5.74) is 3.11. The number of aryl methyl sites for hydroxylation is 1. The quantitative estimate of drug-likeness (QED) is 0.789. The molecule has 0 aliphatic carbocycles. The van der Waals surface area contributed by atoms with Gasteiger partial charge in [-0.25, -0.2) is 4.98 Å². The third-order valence-electron chi connectivity index (χ3n) is 4.77. The number of carbonyl (C=O) groups is 1. The van der Waals surface area contributed by atoms with Gasteiger partial charge in [-0.3, -0.25) is 4.79 Å². The van der Waals surface area contributed by atoms with Gasteiger partial charge in [-0.15, -0.1) is 0 Å². The molecule has 1 aliphatic rings. The van der Waals surface area contributed by atoms with Crippen molar-refractivity contribution in [2.75, 3.05) is 6.61 Å². The molecule has 2 heterocycles. The summed E-state index contributed by atoms with van der Waals surface area (Å²) in [5.74, 6) is 0.641. The zero-order chi connectivity index (χ0) is 17.9. The predicted octanol–water partition coefficient (Wildman–Crippen LogP) is 2.94. The first-order valence-corrected chi connectivity index (χ1v) is 8.76. The molecule has 1 N–H and O–H groups in total. The van der Waals surface area contributed by atoms with Crippen LogP contribution in [0.3, 0.4) is 0 Å². The van der Waals surface area contributed by atoms with Crippen molar-refractivity contribution in [3.63, 3.8) is 0 Å². The zero-order valence-corrected chi connectivity index (χ0v) is 14.6. The maximum absolute atomic E-state index is 13.1. The Morgan fingerprint density at radius 1 is 1.19 bits per heavy atom. The van der Waals surface area contributed by atoms with Gasteiger partial charge in [0.15, 0.2) is 6.10 Å². The summed E-state index contributed by atoms with van der Waals surface area (Å²) in [6.45, 7) is 0.549. The van der Waals surface area contributed by atoms with Crippen molar-refractivity contribution in [1.29, 1.82) is 0 Å². The molecule has 2 atom stereocenters. The molecule has 0 saturated heterocycles. The lowest BCUT2D eigenvalue weighted by Gasteiger charge is -2.27. The first-order chi connectivity index (χ1) is 12.7. The van der Waals surface area contributed by atoms with Crippen LogP contribution in [0.4, 0.5) is 0 Å². The summed E-state index contributed by atoms with van der Waals surface area (Å²) in [6.07, 6.45) is 3.86. The van der Waals surface area contributed by atoms with Crippen molar-refractivity contribution >= 4 is 5.91 Å². The Labute approximate surface area is 152 Å². The Kier molecular flexibility index (Phi) is 4.54. The Morgan fingerprint density at radius 3 is 2.73 bits per heavy atom. The van der Waals surface area contributed by atoms with E-state index in [-0.39, 0.29) is 11.9 Å². The molecule has 0 bridgehead atoms. The highest BCUT2D eigenvalue weighted by molar-refractivity contribution is 5.83. The van der Waals surface area contributed by atoms with Gasteiger partial charge in [0.1, 0.15) is 11.9 Å². The van der Waals surface area contributed by atoms with Crippen LogP contribution in [0.15, 0.2) is 67.0 Å². The van der Waals surface area contributed by atoms with Crippen LogP contribution in [0.1, 0.15) is 34.7 Å². The molecule has 5 nitrogen and oxygen atoms in total. The summed E-state index contributed by atoms with van der Waals surface area (Å²) in [6, 6.07) is 17.5. The number of amides is 1. The van der Waals surface area contributed by atoms with Crippen LogP contribution in [0.5, 0.6) is 0 Å². The number of hydrogen-bond donors (Lipinski definition) is 1. The van der Waals surface area contributed by atoms with E-state index in [0.717, 1.165) is 23.4 Å². The number of nitrogens with zero attached hydrogens (tertiary/aromatic N) is 2. The smallest absolute Gasteiger partial charge is 0.254 e. The number of nitrogens with one attached hydrogen (secondary N) is 1. The SMILES string of the molecule is Cn1ccnc1[C@@H](NC(=O)[C@@H]1OCCc2ccccc21)c1ccccc1. The lowest BCUT2D eigenvalue weighted by molar-refractivity contribution is -0.134. The number of benzene rings is 2. The minimum atomic E-state index is -0.591. The normalized spacial score (nSPS) is 17.3. The van der Waals surface area contributed by atoms with E-state index in [9.17, 15) is 4.79 Å². The van der Waals surface area contributed by atoms with E-state index in [4.69, 9.17) is 4.74 Å². The fourth-order valence-corrected chi connectivity index (χ4v) is 3.43. The maximum Gasteiger partial charge on any atom is 0.254 e. The predicted molar refractivity (Wildman–Crippen MR) is 98.5 cm³/mol. The Bertz CT molecular complexity index is 904.